The smallest absolute Gasteiger partial charge is 0.119 e. The molecule has 0 unspecified atom stereocenters. The lowest BCUT2D eigenvalue weighted by atomic mass is 10.2. The highest BCUT2D eigenvalue weighted by molar-refractivity contribution is 5.80. The van der Waals surface area contributed by atoms with Gasteiger partial charge in [-0.15, -0.1) is 0 Å². The highest BCUT2D eigenvalue weighted by Gasteiger charge is 1.95. The summed E-state index contributed by atoms with van der Waals surface area (Å²) in [6.07, 6.45) is 1.11. The SMILES string of the molecule is O/N=C/c1cc(O)cc(O)c1. The van der Waals surface area contributed by atoms with Crippen molar-refractivity contribution in [3.05, 3.63) is 23.8 Å². The standard InChI is InChI=1S/C7H7NO3/c9-6-1-5(4-8-11)2-7(10)3-6/h1-4,9-11H/b8-4+. The van der Waals surface area contributed by atoms with E-state index < -0.39 is 0 Å². The van der Waals surface area contributed by atoms with Crippen molar-refractivity contribution in [3.63, 3.8) is 0 Å². The largest absolute Gasteiger partial charge is 0.508 e. The van der Waals surface area contributed by atoms with Gasteiger partial charge in [0.2, 0.25) is 0 Å². The van der Waals surface area contributed by atoms with Crippen LogP contribution < -0.4 is 0 Å². The van der Waals surface area contributed by atoms with Gasteiger partial charge in [0.15, 0.2) is 0 Å². The van der Waals surface area contributed by atoms with Gasteiger partial charge in [-0.2, -0.15) is 0 Å². The van der Waals surface area contributed by atoms with E-state index in [9.17, 15) is 0 Å². The predicted molar refractivity (Wildman–Crippen MR) is 39.2 cm³/mol. The molecule has 3 N–H and O–H groups in total. The summed E-state index contributed by atoms with van der Waals surface area (Å²) in [5.74, 6) is -0.139. The first kappa shape index (κ1) is 7.40. The molecular weight excluding hydrogens is 146 g/mol. The number of phenolic OH excluding ortho intramolecular Hbond substituents is 2. The Bertz CT molecular complexity index is 263. The van der Waals surface area contributed by atoms with E-state index in [4.69, 9.17) is 15.4 Å². The van der Waals surface area contributed by atoms with Gasteiger partial charge >= 0.3 is 0 Å². The monoisotopic (exact) mass is 153 g/mol. The van der Waals surface area contributed by atoms with Gasteiger partial charge in [0, 0.05) is 11.6 Å². The maximum atomic E-state index is 8.92. The average Bonchev–Trinajstić information content (AvgIpc) is 1.85. The Morgan fingerprint density at radius 2 is 1.64 bits per heavy atom. The summed E-state index contributed by atoms with van der Waals surface area (Å²) in [6, 6.07) is 3.91. The molecule has 11 heavy (non-hydrogen) atoms. The Labute approximate surface area is 63.0 Å². The molecule has 0 aliphatic rings. The number of phenols is 2. The molecule has 4 heteroatoms. The second-order valence-corrected chi connectivity index (χ2v) is 2.03. The molecule has 1 aromatic rings. The minimum atomic E-state index is -0.0695. The molecule has 0 fully saturated rings. The molecule has 4 nitrogen and oxygen atoms in total. The van der Waals surface area contributed by atoms with Crippen LogP contribution in [-0.4, -0.2) is 21.6 Å². The molecule has 0 aliphatic carbocycles. The van der Waals surface area contributed by atoms with Gasteiger partial charge in [-0.25, -0.2) is 0 Å². The van der Waals surface area contributed by atoms with Crippen molar-refractivity contribution in [3.8, 4) is 11.5 Å². The van der Waals surface area contributed by atoms with E-state index in [-0.39, 0.29) is 11.5 Å². The van der Waals surface area contributed by atoms with Crippen LogP contribution >= 0.6 is 0 Å². The maximum Gasteiger partial charge on any atom is 0.119 e. The first-order valence-corrected chi connectivity index (χ1v) is 2.93. The molecule has 1 aromatic carbocycles. The molecule has 1 rings (SSSR count). The van der Waals surface area contributed by atoms with E-state index in [1.54, 1.807) is 0 Å². The number of benzene rings is 1. The number of oxime groups is 1. The Kier molecular flexibility index (Phi) is 1.96. The van der Waals surface area contributed by atoms with Crippen LogP contribution in [-0.2, 0) is 0 Å². The first-order chi connectivity index (χ1) is 5.22. The Hall–Kier alpha value is -1.71. The van der Waals surface area contributed by atoms with Crippen molar-refractivity contribution in [1.82, 2.24) is 0 Å². The molecule has 0 aliphatic heterocycles. The second kappa shape index (κ2) is 2.92. The normalized spacial score (nSPS) is 10.5. The van der Waals surface area contributed by atoms with E-state index in [2.05, 4.69) is 5.16 Å². The first-order valence-electron chi connectivity index (χ1n) is 2.93. The van der Waals surface area contributed by atoms with E-state index >= 15 is 0 Å². The quantitative estimate of drug-likeness (QED) is 0.319. The molecule has 0 radical (unpaired) electrons. The molecule has 0 aromatic heterocycles. The van der Waals surface area contributed by atoms with Crippen LogP contribution in [0.4, 0.5) is 0 Å². The molecule has 0 heterocycles. The molecule has 0 spiro atoms. The van der Waals surface area contributed by atoms with Crippen LogP contribution in [0.15, 0.2) is 23.4 Å². The Morgan fingerprint density at radius 3 is 2.09 bits per heavy atom. The van der Waals surface area contributed by atoms with Crippen LogP contribution in [0.1, 0.15) is 5.56 Å². The van der Waals surface area contributed by atoms with Crippen molar-refractivity contribution in [2.24, 2.45) is 5.16 Å². The van der Waals surface area contributed by atoms with Gasteiger partial charge in [-0.05, 0) is 12.1 Å². The zero-order valence-corrected chi connectivity index (χ0v) is 5.60. The van der Waals surface area contributed by atoms with Crippen LogP contribution in [0.3, 0.4) is 0 Å². The predicted octanol–water partition coefficient (Wildman–Crippen LogP) is 0.906. The summed E-state index contributed by atoms with van der Waals surface area (Å²) in [5.41, 5.74) is 0.435. The van der Waals surface area contributed by atoms with Gasteiger partial charge in [-0.3, -0.25) is 0 Å². The fourth-order valence-electron chi connectivity index (χ4n) is 0.759. The molecule has 58 valence electrons. The third kappa shape index (κ3) is 1.86. The van der Waals surface area contributed by atoms with Crippen molar-refractivity contribution < 1.29 is 15.4 Å². The van der Waals surface area contributed by atoms with Crippen LogP contribution in [0, 0.1) is 0 Å². The van der Waals surface area contributed by atoms with E-state index in [1.807, 2.05) is 0 Å². The van der Waals surface area contributed by atoms with Gasteiger partial charge < -0.3 is 15.4 Å². The zero-order valence-electron chi connectivity index (χ0n) is 5.60. The average molecular weight is 153 g/mol. The van der Waals surface area contributed by atoms with Gasteiger partial charge in [0.25, 0.3) is 0 Å². The minimum Gasteiger partial charge on any atom is -0.508 e. The lowest BCUT2D eigenvalue weighted by Crippen LogP contribution is -1.79. The van der Waals surface area contributed by atoms with Crippen LogP contribution in [0.25, 0.3) is 0 Å². The van der Waals surface area contributed by atoms with Crippen LogP contribution in [0.2, 0.25) is 0 Å². The lowest BCUT2D eigenvalue weighted by Gasteiger charge is -1.95. The Morgan fingerprint density at radius 1 is 1.09 bits per heavy atom. The summed E-state index contributed by atoms with van der Waals surface area (Å²) in [4.78, 5) is 0. The lowest BCUT2D eigenvalue weighted by molar-refractivity contribution is 0.322. The van der Waals surface area contributed by atoms with Crippen molar-refractivity contribution in [2.75, 3.05) is 0 Å². The fraction of sp³-hybridized carbons (Fsp3) is 0. The zero-order chi connectivity index (χ0) is 8.27. The van der Waals surface area contributed by atoms with Crippen molar-refractivity contribution in [1.29, 1.82) is 0 Å². The minimum absolute atomic E-state index is 0.0695. The third-order valence-electron chi connectivity index (χ3n) is 1.13. The molecule has 0 atom stereocenters. The van der Waals surface area contributed by atoms with Gasteiger partial charge in [-0.1, -0.05) is 5.16 Å². The van der Waals surface area contributed by atoms with Gasteiger partial charge in [0.1, 0.15) is 11.5 Å². The van der Waals surface area contributed by atoms with Gasteiger partial charge in [0.05, 0.1) is 6.21 Å². The highest BCUT2D eigenvalue weighted by Crippen LogP contribution is 2.18. The fourth-order valence-corrected chi connectivity index (χ4v) is 0.759. The number of rotatable bonds is 1. The summed E-state index contributed by atoms with van der Waals surface area (Å²) in [5, 5.41) is 28.7. The van der Waals surface area contributed by atoms with E-state index in [1.165, 1.54) is 18.2 Å². The number of hydrogen-bond acceptors (Lipinski definition) is 4. The van der Waals surface area contributed by atoms with E-state index in [0.717, 1.165) is 6.21 Å². The second-order valence-electron chi connectivity index (χ2n) is 2.03. The molecule has 0 amide bonds. The van der Waals surface area contributed by atoms with E-state index in [0.29, 0.717) is 5.56 Å². The topological polar surface area (TPSA) is 73.1 Å². The third-order valence-corrected chi connectivity index (χ3v) is 1.13. The Balaban J connectivity index is 3.08. The molecule has 0 bridgehead atoms. The number of nitrogens with zero attached hydrogens (tertiary/aromatic N) is 1. The molecular formula is C7H7NO3. The molecule has 0 saturated heterocycles. The summed E-state index contributed by atoms with van der Waals surface area (Å²) < 4.78 is 0. The summed E-state index contributed by atoms with van der Waals surface area (Å²) in [6.45, 7) is 0. The summed E-state index contributed by atoms with van der Waals surface area (Å²) in [7, 11) is 0. The number of hydrogen-bond donors (Lipinski definition) is 3. The van der Waals surface area contributed by atoms with Crippen molar-refractivity contribution in [2.45, 2.75) is 0 Å². The van der Waals surface area contributed by atoms with Crippen molar-refractivity contribution >= 4 is 6.21 Å². The maximum absolute atomic E-state index is 8.92. The highest BCUT2D eigenvalue weighted by atomic mass is 16.4. The number of aromatic hydroxyl groups is 2. The molecule has 0 saturated carbocycles. The summed E-state index contributed by atoms with van der Waals surface area (Å²) >= 11 is 0. The van der Waals surface area contributed by atoms with Crippen LogP contribution in [0.5, 0.6) is 11.5 Å².